The molecule has 1 aromatic heterocycles. The monoisotopic (exact) mass is 241 g/mol. The first-order valence-corrected chi connectivity index (χ1v) is 5.96. The van der Waals surface area contributed by atoms with Gasteiger partial charge in [-0.05, 0) is 31.2 Å². The van der Waals surface area contributed by atoms with Crippen molar-refractivity contribution in [3.05, 3.63) is 41.7 Å². The predicted molar refractivity (Wildman–Crippen MR) is 68.1 cm³/mol. The minimum absolute atomic E-state index is 0.607. The van der Waals surface area contributed by atoms with Gasteiger partial charge in [-0.15, -0.1) is 0 Å². The van der Waals surface area contributed by atoms with Gasteiger partial charge in [0.2, 0.25) is 0 Å². The molecule has 18 heavy (non-hydrogen) atoms. The highest BCUT2D eigenvalue weighted by Gasteiger charge is 2.03. The molecule has 5 nitrogen and oxygen atoms in total. The Balaban J connectivity index is 2.11. The molecule has 0 amide bonds. The van der Waals surface area contributed by atoms with Crippen molar-refractivity contribution in [2.24, 2.45) is 0 Å². The van der Waals surface area contributed by atoms with Gasteiger partial charge in [0.25, 0.3) is 0 Å². The van der Waals surface area contributed by atoms with Crippen LogP contribution in [0.5, 0.6) is 0 Å². The van der Waals surface area contributed by atoms with E-state index < -0.39 is 0 Å². The van der Waals surface area contributed by atoms with Crippen molar-refractivity contribution in [1.82, 2.24) is 20.3 Å². The van der Waals surface area contributed by atoms with E-state index in [4.69, 9.17) is 5.26 Å². The van der Waals surface area contributed by atoms with Crippen LogP contribution in [0.25, 0.3) is 5.69 Å². The van der Waals surface area contributed by atoms with Crippen molar-refractivity contribution < 1.29 is 0 Å². The van der Waals surface area contributed by atoms with Crippen molar-refractivity contribution >= 4 is 0 Å². The van der Waals surface area contributed by atoms with Crippen LogP contribution in [0.2, 0.25) is 0 Å². The molecule has 92 valence electrons. The molecule has 0 radical (unpaired) electrons. The lowest BCUT2D eigenvalue weighted by molar-refractivity contribution is 0.651. The molecule has 5 heteroatoms. The molecule has 0 saturated heterocycles. The second kappa shape index (κ2) is 5.94. The van der Waals surface area contributed by atoms with E-state index in [9.17, 15) is 0 Å². The molecule has 0 atom stereocenters. The van der Waals surface area contributed by atoms with Crippen molar-refractivity contribution in [2.45, 2.75) is 19.9 Å². The van der Waals surface area contributed by atoms with Crippen molar-refractivity contribution in [2.75, 3.05) is 6.54 Å². The Labute approximate surface area is 106 Å². The third-order valence-electron chi connectivity index (χ3n) is 2.48. The molecule has 0 spiro atoms. The fraction of sp³-hybridized carbons (Fsp3) is 0.308. The lowest BCUT2D eigenvalue weighted by Gasteiger charge is -2.00. The van der Waals surface area contributed by atoms with E-state index in [1.807, 2.05) is 12.1 Å². The lowest BCUT2D eigenvalue weighted by atomic mass is 10.2. The Hall–Kier alpha value is -2.19. The Morgan fingerprint density at radius 2 is 2.33 bits per heavy atom. The Morgan fingerprint density at radius 3 is 3.11 bits per heavy atom. The molecule has 0 aliphatic rings. The van der Waals surface area contributed by atoms with Gasteiger partial charge < -0.3 is 5.32 Å². The summed E-state index contributed by atoms with van der Waals surface area (Å²) in [5, 5.41) is 20.7. The van der Waals surface area contributed by atoms with Gasteiger partial charge in [0.15, 0.2) is 0 Å². The number of nitriles is 1. The van der Waals surface area contributed by atoms with Crippen molar-refractivity contribution in [3.63, 3.8) is 0 Å². The molecule has 0 fully saturated rings. The molecular weight excluding hydrogens is 226 g/mol. The fourth-order valence-electron chi connectivity index (χ4n) is 1.59. The zero-order valence-corrected chi connectivity index (χ0v) is 10.3. The van der Waals surface area contributed by atoms with Crippen LogP contribution in [0.1, 0.15) is 24.6 Å². The van der Waals surface area contributed by atoms with Gasteiger partial charge in [-0.2, -0.15) is 20.3 Å². The highest BCUT2D eigenvalue weighted by atomic mass is 15.5. The summed E-state index contributed by atoms with van der Waals surface area (Å²) in [5.41, 5.74) is 2.30. The number of rotatable bonds is 5. The second-order valence-corrected chi connectivity index (χ2v) is 3.96. The second-order valence-electron chi connectivity index (χ2n) is 3.96. The van der Waals surface area contributed by atoms with E-state index >= 15 is 0 Å². The highest BCUT2D eigenvalue weighted by Crippen LogP contribution is 2.08. The summed E-state index contributed by atoms with van der Waals surface area (Å²) < 4.78 is 0. The molecule has 1 heterocycles. The first-order valence-electron chi connectivity index (χ1n) is 5.96. The Kier molecular flexibility index (Phi) is 4.05. The summed E-state index contributed by atoms with van der Waals surface area (Å²) in [6, 6.07) is 9.34. The zero-order chi connectivity index (χ0) is 12.8. The van der Waals surface area contributed by atoms with Gasteiger partial charge in [-0.25, -0.2) is 0 Å². The first kappa shape index (κ1) is 12.3. The zero-order valence-electron chi connectivity index (χ0n) is 10.3. The van der Waals surface area contributed by atoms with Crippen LogP contribution < -0.4 is 5.32 Å². The van der Waals surface area contributed by atoms with E-state index in [1.54, 1.807) is 23.1 Å². The summed E-state index contributed by atoms with van der Waals surface area (Å²) in [7, 11) is 0. The standard InChI is InChI=1S/C13H15N5/c1-2-6-15-9-12-10-16-18(17-12)13-5-3-4-11(7-13)8-14/h3-5,7,10,15H,2,6,9H2,1H3. The molecule has 0 saturated carbocycles. The number of nitrogens with zero attached hydrogens (tertiary/aromatic N) is 4. The van der Waals surface area contributed by atoms with E-state index in [0.29, 0.717) is 12.1 Å². The number of nitrogens with one attached hydrogen (secondary N) is 1. The maximum atomic E-state index is 8.85. The largest absolute Gasteiger partial charge is 0.311 e. The SMILES string of the molecule is CCCNCc1cnn(-c2cccc(C#N)c2)n1. The minimum Gasteiger partial charge on any atom is -0.311 e. The van der Waals surface area contributed by atoms with Crippen LogP contribution in [0.3, 0.4) is 0 Å². The number of hydrogen-bond acceptors (Lipinski definition) is 4. The molecule has 0 bridgehead atoms. The topological polar surface area (TPSA) is 66.5 Å². The van der Waals surface area contributed by atoms with Gasteiger partial charge in [-0.3, -0.25) is 0 Å². The van der Waals surface area contributed by atoms with Crippen LogP contribution in [-0.4, -0.2) is 21.5 Å². The molecule has 0 unspecified atom stereocenters. The highest BCUT2D eigenvalue weighted by molar-refractivity contribution is 5.39. The quantitative estimate of drug-likeness (QED) is 0.808. The van der Waals surface area contributed by atoms with Crippen molar-refractivity contribution in [3.8, 4) is 11.8 Å². The molecular formula is C13H15N5. The molecule has 1 N–H and O–H groups in total. The maximum absolute atomic E-state index is 8.85. The van der Waals surface area contributed by atoms with Crippen LogP contribution >= 0.6 is 0 Å². The Bertz CT molecular complexity index is 553. The molecule has 1 aromatic carbocycles. The van der Waals surface area contributed by atoms with Crippen LogP contribution in [-0.2, 0) is 6.54 Å². The molecule has 0 aliphatic heterocycles. The third-order valence-corrected chi connectivity index (χ3v) is 2.48. The van der Waals surface area contributed by atoms with Gasteiger partial charge in [-0.1, -0.05) is 13.0 Å². The lowest BCUT2D eigenvalue weighted by Crippen LogP contribution is -2.14. The van der Waals surface area contributed by atoms with Gasteiger partial charge in [0.1, 0.15) is 0 Å². The van der Waals surface area contributed by atoms with Gasteiger partial charge >= 0.3 is 0 Å². The smallest absolute Gasteiger partial charge is 0.0992 e. The summed E-state index contributed by atoms with van der Waals surface area (Å²) >= 11 is 0. The summed E-state index contributed by atoms with van der Waals surface area (Å²) in [4.78, 5) is 1.55. The summed E-state index contributed by atoms with van der Waals surface area (Å²) in [6.45, 7) is 3.81. The molecule has 0 aliphatic carbocycles. The fourth-order valence-corrected chi connectivity index (χ4v) is 1.59. The minimum atomic E-state index is 0.607. The maximum Gasteiger partial charge on any atom is 0.0992 e. The van der Waals surface area contributed by atoms with Crippen LogP contribution in [0.4, 0.5) is 0 Å². The van der Waals surface area contributed by atoms with Crippen LogP contribution in [0.15, 0.2) is 30.5 Å². The van der Waals surface area contributed by atoms with Gasteiger partial charge in [0, 0.05) is 6.54 Å². The number of benzene rings is 1. The van der Waals surface area contributed by atoms with Gasteiger partial charge in [0.05, 0.1) is 29.2 Å². The number of hydrogen-bond donors (Lipinski definition) is 1. The van der Waals surface area contributed by atoms with Crippen molar-refractivity contribution in [1.29, 1.82) is 5.26 Å². The van der Waals surface area contributed by atoms with E-state index in [1.165, 1.54) is 0 Å². The van der Waals surface area contributed by atoms with E-state index in [2.05, 4.69) is 28.5 Å². The Morgan fingerprint density at radius 1 is 1.44 bits per heavy atom. The normalized spacial score (nSPS) is 10.2. The number of aromatic nitrogens is 3. The van der Waals surface area contributed by atoms with E-state index in [-0.39, 0.29) is 0 Å². The average Bonchev–Trinajstić information content (AvgIpc) is 2.88. The molecule has 2 rings (SSSR count). The van der Waals surface area contributed by atoms with Crippen LogP contribution in [0, 0.1) is 11.3 Å². The first-order chi connectivity index (χ1) is 8.83. The van der Waals surface area contributed by atoms with E-state index in [0.717, 1.165) is 24.3 Å². The predicted octanol–water partition coefficient (Wildman–Crippen LogP) is 1.64. The third kappa shape index (κ3) is 2.93. The summed E-state index contributed by atoms with van der Waals surface area (Å²) in [5.74, 6) is 0. The summed E-state index contributed by atoms with van der Waals surface area (Å²) in [6.07, 6.45) is 2.83. The molecule has 2 aromatic rings. The average molecular weight is 241 g/mol.